The van der Waals surface area contributed by atoms with Crippen molar-refractivity contribution in [3.63, 3.8) is 0 Å². The van der Waals surface area contributed by atoms with Gasteiger partial charge in [0.15, 0.2) is 0 Å². The Morgan fingerprint density at radius 1 is 1.56 bits per heavy atom. The van der Waals surface area contributed by atoms with Crippen molar-refractivity contribution in [1.82, 2.24) is 5.32 Å². The quantitative estimate of drug-likeness (QED) is 0.817. The number of hydrogen-bond acceptors (Lipinski definition) is 2. The second-order valence-electron chi connectivity index (χ2n) is 3.67. The number of rotatable bonds is 5. The van der Waals surface area contributed by atoms with E-state index >= 15 is 0 Å². The third kappa shape index (κ3) is 3.79. The lowest BCUT2D eigenvalue weighted by Gasteiger charge is -2.07. The second-order valence-corrected chi connectivity index (χ2v) is 4.53. The van der Waals surface area contributed by atoms with E-state index in [4.69, 9.17) is 5.11 Å². The van der Waals surface area contributed by atoms with Crippen molar-refractivity contribution in [3.8, 4) is 0 Å². The van der Waals surface area contributed by atoms with E-state index < -0.39 is 5.97 Å². The fraction of sp³-hybridized carbons (Fsp3) is 0.250. The molecule has 3 nitrogen and oxygen atoms in total. The number of halogens is 1. The van der Waals surface area contributed by atoms with Crippen LogP contribution in [0.1, 0.15) is 22.8 Å². The maximum atomic E-state index is 10.7. The number of hydrogen-bond donors (Lipinski definition) is 2. The van der Waals surface area contributed by atoms with Gasteiger partial charge in [0.2, 0.25) is 0 Å². The van der Waals surface area contributed by atoms with Gasteiger partial charge in [-0.3, -0.25) is 0 Å². The number of benzene rings is 1. The summed E-state index contributed by atoms with van der Waals surface area (Å²) >= 11 is 3.36. The molecular weight excluding hydrogens is 270 g/mol. The average molecular weight is 284 g/mol. The van der Waals surface area contributed by atoms with Gasteiger partial charge in [-0.2, -0.15) is 0 Å². The van der Waals surface area contributed by atoms with Crippen LogP contribution in [-0.2, 0) is 6.54 Å². The predicted octanol–water partition coefficient (Wildman–Crippen LogP) is 2.81. The Bertz CT molecular complexity index is 415. The number of aromatic carboxylic acids is 1. The second kappa shape index (κ2) is 5.82. The predicted molar refractivity (Wildman–Crippen MR) is 67.6 cm³/mol. The van der Waals surface area contributed by atoms with Crippen molar-refractivity contribution in [2.45, 2.75) is 13.5 Å². The van der Waals surface area contributed by atoms with Gasteiger partial charge in [0, 0.05) is 17.6 Å². The molecule has 0 aliphatic rings. The highest BCUT2D eigenvalue weighted by Gasteiger charge is 2.06. The number of carbonyl (C=O) groups is 1. The van der Waals surface area contributed by atoms with Crippen molar-refractivity contribution in [2.75, 3.05) is 6.54 Å². The van der Waals surface area contributed by atoms with Gasteiger partial charge in [-0.1, -0.05) is 34.1 Å². The van der Waals surface area contributed by atoms with Crippen LogP contribution in [0.25, 0.3) is 0 Å². The molecule has 0 radical (unpaired) electrons. The fourth-order valence-electron chi connectivity index (χ4n) is 1.23. The van der Waals surface area contributed by atoms with Crippen LogP contribution < -0.4 is 5.32 Å². The monoisotopic (exact) mass is 283 g/mol. The highest BCUT2D eigenvalue weighted by atomic mass is 79.9. The zero-order chi connectivity index (χ0) is 12.1. The van der Waals surface area contributed by atoms with E-state index in [2.05, 4.69) is 27.8 Å². The standard InChI is InChI=1S/C12H14BrNO2/c1-8(2)6-14-7-10-4-3-9(12(15)16)5-11(10)13/h3-5,14H,1,6-7H2,2H3,(H,15,16). The van der Waals surface area contributed by atoms with E-state index in [0.29, 0.717) is 6.54 Å². The van der Waals surface area contributed by atoms with E-state index in [9.17, 15) is 4.79 Å². The summed E-state index contributed by atoms with van der Waals surface area (Å²) in [7, 11) is 0. The zero-order valence-corrected chi connectivity index (χ0v) is 10.7. The summed E-state index contributed by atoms with van der Waals surface area (Å²) in [6.45, 7) is 7.19. The number of carboxylic acids is 1. The van der Waals surface area contributed by atoms with Crippen LogP contribution in [-0.4, -0.2) is 17.6 Å². The summed E-state index contributed by atoms with van der Waals surface area (Å²) in [5, 5.41) is 12.0. The van der Waals surface area contributed by atoms with Crippen LogP contribution in [0.5, 0.6) is 0 Å². The largest absolute Gasteiger partial charge is 0.478 e. The normalized spacial score (nSPS) is 10.1. The van der Waals surface area contributed by atoms with Crippen molar-refractivity contribution in [2.24, 2.45) is 0 Å². The molecule has 0 aliphatic heterocycles. The number of nitrogens with one attached hydrogen (secondary N) is 1. The van der Waals surface area contributed by atoms with Crippen molar-refractivity contribution < 1.29 is 9.90 Å². The van der Waals surface area contributed by atoms with Crippen LogP contribution in [0.2, 0.25) is 0 Å². The molecule has 1 rings (SSSR count). The third-order valence-corrected chi connectivity index (χ3v) is 2.78. The van der Waals surface area contributed by atoms with Crippen LogP contribution in [0.15, 0.2) is 34.8 Å². The first-order valence-corrected chi connectivity index (χ1v) is 5.67. The molecule has 1 aromatic carbocycles. The first kappa shape index (κ1) is 12.9. The Morgan fingerprint density at radius 2 is 2.25 bits per heavy atom. The van der Waals surface area contributed by atoms with Gasteiger partial charge in [-0.25, -0.2) is 4.79 Å². The highest BCUT2D eigenvalue weighted by Crippen LogP contribution is 2.18. The highest BCUT2D eigenvalue weighted by molar-refractivity contribution is 9.10. The minimum absolute atomic E-state index is 0.288. The van der Waals surface area contributed by atoms with E-state index in [1.54, 1.807) is 18.2 Å². The van der Waals surface area contributed by atoms with Crippen LogP contribution >= 0.6 is 15.9 Å². The molecule has 2 N–H and O–H groups in total. The molecule has 0 bridgehead atoms. The first-order valence-electron chi connectivity index (χ1n) is 4.87. The molecule has 16 heavy (non-hydrogen) atoms. The lowest BCUT2D eigenvalue weighted by molar-refractivity contribution is 0.0697. The zero-order valence-electron chi connectivity index (χ0n) is 9.09. The van der Waals surface area contributed by atoms with Gasteiger partial charge in [0.1, 0.15) is 0 Å². The minimum atomic E-state index is -0.915. The van der Waals surface area contributed by atoms with Gasteiger partial charge < -0.3 is 10.4 Å². The number of carboxylic acid groups (broad SMARTS) is 1. The van der Waals surface area contributed by atoms with Gasteiger partial charge in [0.25, 0.3) is 0 Å². The van der Waals surface area contributed by atoms with Gasteiger partial charge in [0.05, 0.1) is 5.56 Å². The maximum absolute atomic E-state index is 10.7. The molecule has 0 heterocycles. The van der Waals surface area contributed by atoms with Crippen LogP contribution in [0.3, 0.4) is 0 Å². The molecule has 4 heteroatoms. The van der Waals surface area contributed by atoms with E-state index in [1.807, 2.05) is 6.92 Å². The fourth-order valence-corrected chi connectivity index (χ4v) is 1.75. The van der Waals surface area contributed by atoms with Crippen molar-refractivity contribution >= 4 is 21.9 Å². The van der Waals surface area contributed by atoms with Crippen molar-refractivity contribution in [3.05, 3.63) is 46.0 Å². The molecule has 0 saturated heterocycles. The molecule has 0 aliphatic carbocycles. The molecule has 0 atom stereocenters. The average Bonchev–Trinajstić information content (AvgIpc) is 2.19. The summed E-state index contributed by atoms with van der Waals surface area (Å²) in [6.07, 6.45) is 0. The summed E-state index contributed by atoms with van der Waals surface area (Å²) < 4.78 is 0.807. The van der Waals surface area contributed by atoms with Crippen LogP contribution in [0.4, 0.5) is 0 Å². The van der Waals surface area contributed by atoms with Gasteiger partial charge in [-0.05, 0) is 24.6 Å². The molecule has 0 unspecified atom stereocenters. The molecule has 0 amide bonds. The summed E-state index contributed by atoms with van der Waals surface area (Å²) in [4.78, 5) is 10.7. The topological polar surface area (TPSA) is 49.3 Å². The Labute approximate surface area is 103 Å². The lowest BCUT2D eigenvalue weighted by Crippen LogP contribution is -2.15. The minimum Gasteiger partial charge on any atom is -0.478 e. The lowest BCUT2D eigenvalue weighted by atomic mass is 10.1. The molecular formula is C12H14BrNO2. The van der Waals surface area contributed by atoms with E-state index in [-0.39, 0.29) is 5.56 Å². The van der Waals surface area contributed by atoms with Crippen molar-refractivity contribution in [1.29, 1.82) is 0 Å². The Kier molecular flexibility index (Phi) is 4.71. The Morgan fingerprint density at radius 3 is 2.75 bits per heavy atom. The first-order chi connectivity index (χ1) is 7.50. The SMILES string of the molecule is C=C(C)CNCc1ccc(C(=O)O)cc1Br. The molecule has 1 aromatic rings. The molecule has 0 aromatic heterocycles. The summed E-state index contributed by atoms with van der Waals surface area (Å²) in [5.41, 5.74) is 2.39. The summed E-state index contributed by atoms with van der Waals surface area (Å²) in [6, 6.07) is 5.02. The molecule has 0 spiro atoms. The summed E-state index contributed by atoms with van der Waals surface area (Å²) in [5.74, 6) is -0.915. The van der Waals surface area contributed by atoms with E-state index in [0.717, 1.165) is 22.2 Å². The molecule has 0 saturated carbocycles. The Balaban J connectivity index is 2.68. The maximum Gasteiger partial charge on any atom is 0.335 e. The van der Waals surface area contributed by atoms with E-state index in [1.165, 1.54) is 0 Å². The van der Waals surface area contributed by atoms with Crippen LogP contribution in [0, 0.1) is 0 Å². The third-order valence-electron chi connectivity index (χ3n) is 2.04. The smallest absolute Gasteiger partial charge is 0.335 e. The van der Waals surface area contributed by atoms with Gasteiger partial charge in [-0.15, -0.1) is 0 Å². The Hall–Kier alpha value is -1.13. The molecule has 86 valence electrons. The van der Waals surface area contributed by atoms with Gasteiger partial charge >= 0.3 is 5.97 Å². The molecule has 0 fully saturated rings.